The van der Waals surface area contributed by atoms with Gasteiger partial charge in [0.25, 0.3) is 0 Å². The average Bonchev–Trinajstić information content (AvgIpc) is 2.55. The molecule has 1 amide bonds. The third-order valence-electron chi connectivity index (χ3n) is 4.51. The molecule has 0 unspecified atom stereocenters. The van der Waals surface area contributed by atoms with E-state index in [0.717, 1.165) is 0 Å². The summed E-state index contributed by atoms with van der Waals surface area (Å²) in [5, 5.41) is 0.430. The number of hydrogen-bond acceptors (Lipinski definition) is 4. The van der Waals surface area contributed by atoms with Gasteiger partial charge in [-0.2, -0.15) is 4.31 Å². The van der Waals surface area contributed by atoms with Gasteiger partial charge in [-0.3, -0.25) is 0 Å². The molecule has 1 aliphatic rings. The Bertz CT molecular complexity index is 766. The molecular formula is C18H27ClN2O4S. The summed E-state index contributed by atoms with van der Waals surface area (Å²) in [6, 6.07) is 4.72. The number of likely N-dealkylation sites (tertiary alicyclic amines) is 1. The quantitative estimate of drug-likeness (QED) is 0.773. The molecular weight excluding hydrogens is 376 g/mol. The van der Waals surface area contributed by atoms with E-state index < -0.39 is 15.6 Å². The Hall–Kier alpha value is -1.31. The second-order valence-corrected chi connectivity index (χ2v) is 9.96. The van der Waals surface area contributed by atoms with Gasteiger partial charge >= 0.3 is 6.09 Å². The Labute approximate surface area is 161 Å². The third-order valence-corrected chi connectivity index (χ3v) is 6.97. The summed E-state index contributed by atoms with van der Waals surface area (Å²) in [4.78, 5) is 14.0. The van der Waals surface area contributed by atoms with Crippen LogP contribution in [0.4, 0.5) is 4.79 Å². The number of nitrogens with zero attached hydrogens (tertiary/aromatic N) is 2. The first kappa shape index (κ1) is 21.0. The fraction of sp³-hybridized carbons (Fsp3) is 0.611. The van der Waals surface area contributed by atoms with Crippen LogP contribution in [0.25, 0.3) is 0 Å². The first-order chi connectivity index (χ1) is 11.9. The minimum atomic E-state index is -3.64. The average molecular weight is 403 g/mol. The Morgan fingerprint density at radius 2 is 1.85 bits per heavy atom. The lowest BCUT2D eigenvalue weighted by molar-refractivity contribution is 0.0183. The van der Waals surface area contributed by atoms with Crippen LogP contribution in [0.5, 0.6) is 0 Å². The second-order valence-electron chi connectivity index (χ2n) is 7.58. The van der Waals surface area contributed by atoms with E-state index >= 15 is 0 Å². The van der Waals surface area contributed by atoms with Gasteiger partial charge in [-0.05, 0) is 58.2 Å². The summed E-state index contributed by atoms with van der Waals surface area (Å²) in [7, 11) is -2.06. The Morgan fingerprint density at radius 3 is 2.38 bits per heavy atom. The number of piperidine rings is 1. The highest BCUT2D eigenvalue weighted by Gasteiger charge is 2.34. The minimum absolute atomic E-state index is 0.169. The number of hydrogen-bond donors (Lipinski definition) is 0. The number of halogens is 1. The number of ether oxygens (including phenoxy) is 1. The van der Waals surface area contributed by atoms with Crippen molar-refractivity contribution in [2.45, 2.75) is 57.1 Å². The van der Waals surface area contributed by atoms with Crippen molar-refractivity contribution in [3.63, 3.8) is 0 Å². The molecule has 0 atom stereocenters. The fourth-order valence-electron chi connectivity index (χ4n) is 2.96. The maximum atomic E-state index is 13.0. The molecule has 146 valence electrons. The van der Waals surface area contributed by atoms with Crippen LogP contribution < -0.4 is 0 Å². The van der Waals surface area contributed by atoms with E-state index in [2.05, 4.69) is 0 Å². The van der Waals surface area contributed by atoms with Gasteiger partial charge in [0.15, 0.2) is 0 Å². The molecule has 8 heteroatoms. The SMILES string of the molecule is Cc1c(Cl)cccc1S(=O)(=O)N(C)C1CCN(C(=O)OC(C)(C)C)CC1. The summed E-state index contributed by atoms with van der Waals surface area (Å²) >= 11 is 6.08. The van der Waals surface area contributed by atoms with E-state index in [4.69, 9.17) is 16.3 Å². The van der Waals surface area contributed by atoms with Crippen molar-refractivity contribution in [3.8, 4) is 0 Å². The zero-order valence-electron chi connectivity index (χ0n) is 16.0. The van der Waals surface area contributed by atoms with Crippen molar-refractivity contribution in [2.24, 2.45) is 0 Å². The summed E-state index contributed by atoms with van der Waals surface area (Å²) in [5.41, 5.74) is 0.00486. The largest absolute Gasteiger partial charge is 0.444 e. The third kappa shape index (κ3) is 4.69. The molecule has 0 aromatic heterocycles. The van der Waals surface area contributed by atoms with Crippen LogP contribution in [0.1, 0.15) is 39.2 Å². The van der Waals surface area contributed by atoms with Gasteiger partial charge < -0.3 is 9.64 Å². The van der Waals surface area contributed by atoms with Gasteiger partial charge in [-0.1, -0.05) is 17.7 Å². The zero-order valence-corrected chi connectivity index (χ0v) is 17.5. The lowest BCUT2D eigenvalue weighted by atomic mass is 10.1. The molecule has 1 aromatic rings. The predicted octanol–water partition coefficient (Wildman–Crippen LogP) is 3.67. The zero-order chi connectivity index (χ0) is 19.7. The Kier molecular flexibility index (Phi) is 6.25. The Balaban J connectivity index is 2.07. The van der Waals surface area contributed by atoms with Crippen molar-refractivity contribution in [3.05, 3.63) is 28.8 Å². The number of amides is 1. The summed E-state index contributed by atoms with van der Waals surface area (Å²) < 4.78 is 32.7. The Morgan fingerprint density at radius 1 is 1.27 bits per heavy atom. The van der Waals surface area contributed by atoms with Crippen molar-refractivity contribution < 1.29 is 17.9 Å². The molecule has 0 bridgehead atoms. The summed E-state index contributed by atoms with van der Waals surface area (Å²) in [5.74, 6) is 0. The van der Waals surface area contributed by atoms with Gasteiger partial charge in [0, 0.05) is 31.2 Å². The first-order valence-electron chi connectivity index (χ1n) is 8.64. The highest BCUT2D eigenvalue weighted by molar-refractivity contribution is 7.89. The second kappa shape index (κ2) is 7.74. The molecule has 1 fully saturated rings. The molecule has 1 aliphatic heterocycles. The monoisotopic (exact) mass is 402 g/mol. The number of sulfonamides is 1. The van der Waals surface area contributed by atoms with Crippen molar-refractivity contribution in [1.29, 1.82) is 0 Å². The highest BCUT2D eigenvalue weighted by atomic mass is 35.5. The molecule has 1 saturated heterocycles. The summed E-state index contributed by atoms with van der Waals surface area (Å²) in [6.45, 7) is 8.11. The van der Waals surface area contributed by atoms with Crippen LogP contribution >= 0.6 is 11.6 Å². The summed E-state index contributed by atoms with van der Waals surface area (Å²) in [6.07, 6.45) is 0.774. The number of benzene rings is 1. The van der Waals surface area contributed by atoms with E-state index in [0.29, 0.717) is 36.5 Å². The smallest absolute Gasteiger partial charge is 0.410 e. The van der Waals surface area contributed by atoms with Gasteiger partial charge in [0.05, 0.1) is 4.90 Å². The molecule has 1 aromatic carbocycles. The van der Waals surface area contributed by atoms with Crippen LogP contribution in [0.15, 0.2) is 23.1 Å². The van der Waals surface area contributed by atoms with Gasteiger partial charge in [0.2, 0.25) is 10.0 Å². The highest BCUT2D eigenvalue weighted by Crippen LogP contribution is 2.28. The molecule has 1 heterocycles. The molecule has 0 radical (unpaired) electrons. The molecule has 6 nitrogen and oxygen atoms in total. The fourth-order valence-corrected chi connectivity index (χ4v) is 4.85. The number of carbonyl (C=O) groups is 1. The molecule has 0 N–H and O–H groups in total. The van der Waals surface area contributed by atoms with Crippen molar-refractivity contribution in [2.75, 3.05) is 20.1 Å². The lowest BCUT2D eigenvalue weighted by Gasteiger charge is -2.36. The van der Waals surface area contributed by atoms with E-state index in [1.54, 1.807) is 37.1 Å². The first-order valence-corrected chi connectivity index (χ1v) is 10.5. The van der Waals surface area contributed by atoms with Gasteiger partial charge in [-0.15, -0.1) is 0 Å². The van der Waals surface area contributed by atoms with Crippen LogP contribution in [-0.2, 0) is 14.8 Å². The van der Waals surface area contributed by atoms with E-state index in [9.17, 15) is 13.2 Å². The van der Waals surface area contributed by atoms with Crippen molar-refractivity contribution >= 4 is 27.7 Å². The topological polar surface area (TPSA) is 66.9 Å². The number of rotatable bonds is 3. The van der Waals surface area contributed by atoms with Crippen molar-refractivity contribution in [1.82, 2.24) is 9.21 Å². The maximum absolute atomic E-state index is 13.0. The number of carbonyl (C=O) groups excluding carboxylic acids is 1. The molecule has 0 spiro atoms. The molecule has 26 heavy (non-hydrogen) atoms. The standard InChI is InChI=1S/C18H27ClN2O4S/c1-13-15(19)7-6-8-16(13)26(23,24)20(5)14-9-11-21(12-10-14)17(22)25-18(2,3)4/h6-8,14H,9-12H2,1-5H3. The van der Waals surface area contributed by atoms with Crippen LogP contribution in [0, 0.1) is 6.92 Å². The molecule has 2 rings (SSSR count). The lowest BCUT2D eigenvalue weighted by Crippen LogP contribution is -2.48. The van der Waals surface area contributed by atoms with E-state index in [1.165, 1.54) is 4.31 Å². The maximum Gasteiger partial charge on any atom is 0.410 e. The van der Waals surface area contributed by atoms with Gasteiger partial charge in [-0.25, -0.2) is 13.2 Å². The van der Waals surface area contributed by atoms with Gasteiger partial charge in [0.1, 0.15) is 5.60 Å². The normalized spacial score (nSPS) is 16.8. The molecule has 0 aliphatic carbocycles. The van der Waals surface area contributed by atoms with Crippen LogP contribution in [-0.4, -0.2) is 55.5 Å². The van der Waals surface area contributed by atoms with Crippen LogP contribution in [0.3, 0.4) is 0 Å². The predicted molar refractivity (Wildman–Crippen MR) is 102 cm³/mol. The molecule has 0 saturated carbocycles. The van der Waals surface area contributed by atoms with E-state index in [-0.39, 0.29) is 17.0 Å². The minimum Gasteiger partial charge on any atom is -0.444 e. The van der Waals surface area contributed by atoms with E-state index in [1.807, 2.05) is 20.8 Å². The van der Waals surface area contributed by atoms with Crippen LogP contribution in [0.2, 0.25) is 5.02 Å².